The van der Waals surface area contributed by atoms with Gasteiger partial charge in [0.2, 0.25) is 11.7 Å². The Labute approximate surface area is 146 Å². The lowest BCUT2D eigenvalue weighted by Crippen LogP contribution is -2.40. The first-order valence-corrected chi connectivity index (χ1v) is 8.14. The molecule has 6 nitrogen and oxygen atoms in total. The third-order valence-corrected chi connectivity index (χ3v) is 4.68. The number of carbonyl (C=O) groups excluding carboxylic acids is 1. The van der Waals surface area contributed by atoms with Crippen LogP contribution in [0.4, 0.5) is 13.2 Å². The van der Waals surface area contributed by atoms with Crippen LogP contribution >= 0.6 is 0 Å². The third kappa shape index (κ3) is 2.73. The Balaban J connectivity index is 1.54. The lowest BCUT2D eigenvalue weighted by atomic mass is 10.1. The van der Waals surface area contributed by atoms with E-state index in [1.165, 1.54) is 4.90 Å². The number of amides is 1. The number of aryl methyl sites for hydroxylation is 1. The molecular weight excluding hydrogens is 347 g/mol. The minimum absolute atomic E-state index is 0.0344. The number of alkyl halides is 3. The molecule has 0 bridgehead atoms. The van der Waals surface area contributed by atoms with E-state index in [1.807, 2.05) is 42.1 Å². The number of carbonyl (C=O) groups is 1. The van der Waals surface area contributed by atoms with Gasteiger partial charge in [-0.2, -0.15) is 13.2 Å². The van der Waals surface area contributed by atoms with Crippen LogP contribution in [0.1, 0.15) is 17.2 Å². The average molecular weight is 363 g/mol. The highest BCUT2D eigenvalue weighted by Gasteiger charge is 2.39. The first-order chi connectivity index (χ1) is 12.3. The van der Waals surface area contributed by atoms with E-state index < -0.39 is 12.0 Å². The zero-order valence-electron chi connectivity index (χ0n) is 14.0. The van der Waals surface area contributed by atoms with E-state index in [9.17, 15) is 18.0 Å². The molecule has 4 rings (SSSR count). The second-order valence-electron chi connectivity index (χ2n) is 6.36. The molecule has 0 saturated heterocycles. The first-order valence-electron chi connectivity index (χ1n) is 8.14. The van der Waals surface area contributed by atoms with Crippen molar-refractivity contribution in [1.82, 2.24) is 24.2 Å². The highest BCUT2D eigenvalue weighted by molar-refractivity contribution is 5.89. The van der Waals surface area contributed by atoms with Gasteiger partial charge in [0.1, 0.15) is 0 Å². The molecule has 0 spiro atoms. The molecule has 1 aliphatic heterocycles. The largest absolute Gasteiger partial charge is 0.451 e. The van der Waals surface area contributed by atoms with Crippen molar-refractivity contribution >= 4 is 16.8 Å². The molecule has 1 aliphatic rings. The molecular formula is C17H16F3N5O. The van der Waals surface area contributed by atoms with Crippen molar-refractivity contribution in [3.05, 3.63) is 47.7 Å². The first kappa shape index (κ1) is 16.6. The molecule has 0 unspecified atom stereocenters. The summed E-state index contributed by atoms with van der Waals surface area (Å²) in [6.07, 6.45) is -2.43. The van der Waals surface area contributed by atoms with Crippen LogP contribution in [0.2, 0.25) is 0 Å². The Bertz CT molecular complexity index is 988. The lowest BCUT2D eigenvalue weighted by Gasteiger charge is -2.28. The number of hydrogen-bond donors (Lipinski definition) is 0. The van der Waals surface area contributed by atoms with Crippen molar-refractivity contribution in [2.75, 3.05) is 6.54 Å². The normalized spacial score (nSPS) is 14.7. The Morgan fingerprint density at radius 2 is 1.96 bits per heavy atom. The van der Waals surface area contributed by atoms with Crippen molar-refractivity contribution in [3.8, 4) is 0 Å². The second-order valence-corrected chi connectivity index (χ2v) is 6.36. The highest BCUT2D eigenvalue weighted by atomic mass is 19.4. The topological polar surface area (TPSA) is 56.0 Å². The van der Waals surface area contributed by atoms with Gasteiger partial charge in [0, 0.05) is 37.2 Å². The van der Waals surface area contributed by atoms with Gasteiger partial charge >= 0.3 is 6.18 Å². The molecule has 0 N–H and O–H groups in total. The van der Waals surface area contributed by atoms with Crippen LogP contribution in [0.25, 0.3) is 10.9 Å². The zero-order chi connectivity index (χ0) is 18.5. The number of fused-ring (bicyclic) bond motifs is 2. The minimum Gasteiger partial charge on any atom is -0.350 e. The Kier molecular flexibility index (Phi) is 3.74. The number of para-hydroxylation sites is 1. The summed E-state index contributed by atoms with van der Waals surface area (Å²) >= 11 is 0. The quantitative estimate of drug-likeness (QED) is 0.702. The van der Waals surface area contributed by atoms with Crippen molar-refractivity contribution in [2.45, 2.75) is 25.7 Å². The summed E-state index contributed by atoms with van der Waals surface area (Å²) in [5.74, 6) is -0.979. The van der Waals surface area contributed by atoms with E-state index in [2.05, 4.69) is 10.2 Å². The van der Waals surface area contributed by atoms with E-state index in [0.29, 0.717) is 0 Å². The molecule has 26 heavy (non-hydrogen) atoms. The van der Waals surface area contributed by atoms with Crippen molar-refractivity contribution in [2.24, 2.45) is 7.05 Å². The number of rotatable bonds is 2. The van der Waals surface area contributed by atoms with E-state index in [1.54, 1.807) is 0 Å². The number of nitrogens with zero attached hydrogens (tertiary/aromatic N) is 5. The van der Waals surface area contributed by atoms with Crippen LogP contribution in [-0.2, 0) is 37.5 Å². The molecule has 0 radical (unpaired) electrons. The van der Waals surface area contributed by atoms with Crippen LogP contribution in [-0.4, -0.2) is 36.7 Å². The average Bonchev–Trinajstić information content (AvgIpc) is 3.16. The fourth-order valence-corrected chi connectivity index (χ4v) is 3.42. The van der Waals surface area contributed by atoms with E-state index in [4.69, 9.17) is 0 Å². The van der Waals surface area contributed by atoms with Gasteiger partial charge in [0.15, 0.2) is 5.82 Å². The zero-order valence-corrected chi connectivity index (χ0v) is 14.0. The Morgan fingerprint density at radius 3 is 2.73 bits per heavy atom. The summed E-state index contributed by atoms with van der Waals surface area (Å²) in [4.78, 5) is 14.2. The van der Waals surface area contributed by atoms with Gasteiger partial charge in [-0.3, -0.25) is 4.79 Å². The maximum absolute atomic E-state index is 12.9. The van der Waals surface area contributed by atoms with Gasteiger partial charge < -0.3 is 14.0 Å². The maximum atomic E-state index is 12.9. The van der Waals surface area contributed by atoms with Gasteiger partial charge in [-0.25, -0.2) is 0 Å². The van der Waals surface area contributed by atoms with Crippen molar-refractivity contribution < 1.29 is 18.0 Å². The van der Waals surface area contributed by atoms with Crippen LogP contribution < -0.4 is 0 Å². The van der Waals surface area contributed by atoms with E-state index in [-0.39, 0.29) is 37.8 Å². The number of aromatic nitrogens is 4. The molecule has 2 aromatic heterocycles. The Morgan fingerprint density at radius 1 is 1.19 bits per heavy atom. The van der Waals surface area contributed by atoms with Gasteiger partial charge in [0.05, 0.1) is 13.0 Å². The number of benzene rings is 1. The smallest absolute Gasteiger partial charge is 0.350 e. The van der Waals surface area contributed by atoms with Gasteiger partial charge in [-0.15, -0.1) is 10.2 Å². The number of hydrogen-bond acceptors (Lipinski definition) is 3. The standard InChI is InChI=1S/C17H16F3N5O/c1-23-9-11(12-4-2-3-5-13(12)23)8-15(26)24-6-7-25-14(10-24)21-22-16(25)17(18,19)20/h2-5,9H,6-8,10H2,1H3. The van der Waals surface area contributed by atoms with Crippen LogP contribution in [0.5, 0.6) is 0 Å². The maximum Gasteiger partial charge on any atom is 0.451 e. The predicted octanol–water partition coefficient (Wildman–Crippen LogP) is 2.37. The van der Waals surface area contributed by atoms with E-state index >= 15 is 0 Å². The third-order valence-electron chi connectivity index (χ3n) is 4.68. The molecule has 0 aliphatic carbocycles. The lowest BCUT2D eigenvalue weighted by molar-refractivity contribution is -0.148. The van der Waals surface area contributed by atoms with Crippen LogP contribution in [0, 0.1) is 0 Å². The van der Waals surface area contributed by atoms with Gasteiger partial charge in [-0.1, -0.05) is 18.2 Å². The molecule has 3 aromatic rings. The molecule has 136 valence electrons. The Hall–Kier alpha value is -2.84. The fourth-order valence-electron chi connectivity index (χ4n) is 3.42. The van der Waals surface area contributed by atoms with E-state index in [0.717, 1.165) is 21.0 Å². The molecule has 1 amide bonds. The van der Waals surface area contributed by atoms with Gasteiger partial charge in [0.25, 0.3) is 0 Å². The molecule has 1 aromatic carbocycles. The van der Waals surface area contributed by atoms with Crippen molar-refractivity contribution in [1.29, 1.82) is 0 Å². The molecule has 9 heteroatoms. The van der Waals surface area contributed by atoms with Crippen molar-refractivity contribution in [3.63, 3.8) is 0 Å². The summed E-state index contributed by atoms with van der Waals surface area (Å²) in [6, 6.07) is 7.79. The summed E-state index contributed by atoms with van der Waals surface area (Å²) < 4.78 is 41.7. The number of halogens is 3. The molecule has 0 fully saturated rings. The molecule has 0 saturated carbocycles. The summed E-state index contributed by atoms with van der Waals surface area (Å²) in [6.45, 7) is 0.281. The monoisotopic (exact) mass is 363 g/mol. The van der Waals surface area contributed by atoms with Crippen LogP contribution in [0.3, 0.4) is 0 Å². The molecule has 0 atom stereocenters. The summed E-state index contributed by atoms with van der Waals surface area (Å²) in [5.41, 5.74) is 1.93. The SMILES string of the molecule is Cn1cc(CC(=O)N2CCn3c(nnc3C(F)(F)F)C2)c2ccccc21. The highest BCUT2D eigenvalue weighted by Crippen LogP contribution is 2.29. The minimum atomic E-state index is -4.54. The summed E-state index contributed by atoms with van der Waals surface area (Å²) in [7, 11) is 1.92. The summed E-state index contributed by atoms with van der Waals surface area (Å²) in [5, 5.41) is 7.85. The van der Waals surface area contributed by atoms with Gasteiger partial charge in [-0.05, 0) is 11.6 Å². The fraction of sp³-hybridized carbons (Fsp3) is 0.353. The molecule has 3 heterocycles. The second kappa shape index (κ2) is 5.86. The predicted molar refractivity (Wildman–Crippen MR) is 87.1 cm³/mol. The van der Waals surface area contributed by atoms with Crippen LogP contribution in [0.15, 0.2) is 30.5 Å².